The molecule has 0 aromatic carbocycles. The highest BCUT2D eigenvalue weighted by Gasteiger charge is 2.26. The van der Waals surface area contributed by atoms with Crippen LogP contribution in [0.5, 0.6) is 0 Å². The molecule has 1 aliphatic rings. The monoisotopic (exact) mass is 202 g/mol. The van der Waals surface area contributed by atoms with Crippen LogP contribution in [0.1, 0.15) is 26.2 Å². The van der Waals surface area contributed by atoms with E-state index in [9.17, 15) is 4.79 Å². The number of carbonyl (C=O) groups is 1. The first-order valence-corrected chi connectivity index (χ1v) is 4.26. The highest BCUT2D eigenvalue weighted by Crippen LogP contribution is 2.32. The lowest BCUT2D eigenvalue weighted by atomic mass is 9.91. The van der Waals surface area contributed by atoms with Crippen LogP contribution in [-0.4, -0.2) is 10.6 Å². The smallest absolute Gasteiger partial charge is 0.137 e. The third-order valence-corrected chi connectivity index (χ3v) is 2.84. The molecule has 10 heavy (non-hydrogen) atoms. The summed E-state index contributed by atoms with van der Waals surface area (Å²) in [4.78, 5) is 10.5. The molecule has 0 aromatic heterocycles. The minimum Gasteiger partial charge on any atom is -0.302 e. The fraction of sp³-hybridized carbons (Fsp3) is 0.625. The summed E-state index contributed by atoms with van der Waals surface area (Å²) in [6.45, 7) is 2.11. The van der Waals surface area contributed by atoms with Gasteiger partial charge in [0.05, 0.1) is 4.32 Å². The van der Waals surface area contributed by atoms with Crippen LogP contribution >= 0.6 is 15.9 Å². The summed E-state index contributed by atoms with van der Waals surface area (Å²) >= 11 is 3.41. The second kappa shape index (κ2) is 2.87. The lowest BCUT2D eigenvalue weighted by Crippen LogP contribution is -2.24. The van der Waals surface area contributed by atoms with Gasteiger partial charge in [-0.1, -0.05) is 27.6 Å². The summed E-state index contributed by atoms with van der Waals surface area (Å²) in [5.74, 6) is 0. The van der Waals surface area contributed by atoms with Crippen LogP contribution in [0, 0.1) is 0 Å². The van der Waals surface area contributed by atoms with E-state index >= 15 is 0 Å². The Bertz CT molecular complexity index is 174. The largest absolute Gasteiger partial charge is 0.302 e. The molecule has 1 nitrogen and oxygen atoms in total. The first-order chi connectivity index (χ1) is 4.66. The standard InChI is InChI=1S/C8H11BrO/c1-7-2-4-8(9,6-10)5-3-7/h2,6H,3-5H2,1H3/t8-/m1/s1. The van der Waals surface area contributed by atoms with Crippen LogP contribution in [0.4, 0.5) is 0 Å². The Hall–Kier alpha value is -0.110. The Balaban J connectivity index is 2.64. The molecule has 0 bridgehead atoms. The number of alkyl halides is 1. The van der Waals surface area contributed by atoms with Crippen molar-refractivity contribution in [3.63, 3.8) is 0 Å². The van der Waals surface area contributed by atoms with Gasteiger partial charge in [-0.2, -0.15) is 0 Å². The van der Waals surface area contributed by atoms with Crippen LogP contribution in [0.2, 0.25) is 0 Å². The van der Waals surface area contributed by atoms with E-state index in [4.69, 9.17) is 0 Å². The molecule has 0 aromatic rings. The highest BCUT2D eigenvalue weighted by atomic mass is 79.9. The maximum Gasteiger partial charge on any atom is 0.137 e. The predicted octanol–water partition coefficient (Wildman–Crippen LogP) is 2.45. The van der Waals surface area contributed by atoms with Gasteiger partial charge in [-0.25, -0.2) is 0 Å². The Morgan fingerprint density at radius 3 is 2.90 bits per heavy atom. The van der Waals surface area contributed by atoms with E-state index in [2.05, 4.69) is 28.9 Å². The molecule has 0 spiro atoms. The average Bonchev–Trinajstić information content (AvgIpc) is 1.96. The Labute approximate surface area is 69.6 Å². The second-order valence-corrected chi connectivity index (χ2v) is 4.49. The van der Waals surface area contributed by atoms with Gasteiger partial charge in [0, 0.05) is 0 Å². The van der Waals surface area contributed by atoms with Crippen molar-refractivity contribution in [2.45, 2.75) is 30.5 Å². The molecule has 2 heteroatoms. The van der Waals surface area contributed by atoms with E-state index in [1.165, 1.54) is 5.57 Å². The molecule has 0 saturated heterocycles. The molecule has 0 fully saturated rings. The summed E-state index contributed by atoms with van der Waals surface area (Å²) in [7, 11) is 0. The predicted molar refractivity (Wildman–Crippen MR) is 45.3 cm³/mol. The Kier molecular flexibility index (Phi) is 2.29. The van der Waals surface area contributed by atoms with Crippen molar-refractivity contribution in [1.29, 1.82) is 0 Å². The normalized spacial score (nSPS) is 33.2. The molecule has 0 unspecified atom stereocenters. The molecule has 0 heterocycles. The minimum atomic E-state index is -0.244. The first kappa shape index (κ1) is 7.99. The van der Waals surface area contributed by atoms with Gasteiger partial charge >= 0.3 is 0 Å². The quantitative estimate of drug-likeness (QED) is 0.363. The van der Waals surface area contributed by atoms with Gasteiger partial charge in [0.1, 0.15) is 6.29 Å². The summed E-state index contributed by atoms with van der Waals surface area (Å²) in [6, 6.07) is 0. The van der Waals surface area contributed by atoms with Gasteiger partial charge in [-0.3, -0.25) is 0 Å². The number of halogens is 1. The molecule has 1 aliphatic carbocycles. The van der Waals surface area contributed by atoms with Gasteiger partial charge in [0.25, 0.3) is 0 Å². The van der Waals surface area contributed by atoms with Crippen molar-refractivity contribution >= 4 is 22.2 Å². The van der Waals surface area contributed by atoms with Gasteiger partial charge in [0.2, 0.25) is 0 Å². The molecule has 1 rings (SSSR count). The fourth-order valence-corrected chi connectivity index (χ4v) is 1.42. The zero-order valence-electron chi connectivity index (χ0n) is 6.06. The summed E-state index contributed by atoms with van der Waals surface area (Å²) in [6.07, 6.45) is 5.98. The van der Waals surface area contributed by atoms with E-state index in [-0.39, 0.29) is 4.32 Å². The molecule has 0 aliphatic heterocycles. The van der Waals surface area contributed by atoms with Crippen LogP contribution < -0.4 is 0 Å². The van der Waals surface area contributed by atoms with Crippen molar-refractivity contribution in [2.75, 3.05) is 0 Å². The van der Waals surface area contributed by atoms with Crippen LogP contribution in [-0.2, 0) is 4.79 Å². The van der Waals surface area contributed by atoms with Crippen LogP contribution in [0.15, 0.2) is 11.6 Å². The average molecular weight is 203 g/mol. The van der Waals surface area contributed by atoms with Gasteiger partial charge < -0.3 is 4.79 Å². The molecule has 1 atom stereocenters. The zero-order chi connectivity index (χ0) is 7.61. The van der Waals surface area contributed by atoms with Crippen molar-refractivity contribution < 1.29 is 4.79 Å². The second-order valence-electron chi connectivity index (χ2n) is 2.91. The lowest BCUT2D eigenvalue weighted by molar-refractivity contribution is -0.109. The van der Waals surface area contributed by atoms with E-state index in [0.717, 1.165) is 25.5 Å². The summed E-state index contributed by atoms with van der Waals surface area (Å²) in [5, 5.41) is 0. The first-order valence-electron chi connectivity index (χ1n) is 3.47. The van der Waals surface area contributed by atoms with Crippen molar-refractivity contribution in [1.82, 2.24) is 0 Å². The van der Waals surface area contributed by atoms with Crippen molar-refractivity contribution in [3.8, 4) is 0 Å². The maximum atomic E-state index is 10.5. The minimum absolute atomic E-state index is 0.244. The number of aldehydes is 1. The van der Waals surface area contributed by atoms with E-state index < -0.39 is 0 Å². The molecule has 56 valence electrons. The lowest BCUT2D eigenvalue weighted by Gasteiger charge is -2.23. The fourth-order valence-electron chi connectivity index (χ4n) is 1.06. The Morgan fingerprint density at radius 2 is 2.50 bits per heavy atom. The van der Waals surface area contributed by atoms with Gasteiger partial charge in [0.15, 0.2) is 0 Å². The van der Waals surface area contributed by atoms with Gasteiger partial charge in [-0.05, 0) is 26.2 Å². The number of allylic oxidation sites excluding steroid dienone is 2. The number of hydrogen-bond acceptors (Lipinski definition) is 1. The number of rotatable bonds is 1. The molecular weight excluding hydrogens is 192 g/mol. The van der Waals surface area contributed by atoms with Crippen LogP contribution in [0.3, 0.4) is 0 Å². The third-order valence-electron chi connectivity index (χ3n) is 1.94. The van der Waals surface area contributed by atoms with Gasteiger partial charge in [-0.15, -0.1) is 0 Å². The van der Waals surface area contributed by atoms with Crippen molar-refractivity contribution in [3.05, 3.63) is 11.6 Å². The van der Waals surface area contributed by atoms with Crippen LogP contribution in [0.25, 0.3) is 0 Å². The van der Waals surface area contributed by atoms with E-state index in [0.29, 0.717) is 0 Å². The summed E-state index contributed by atoms with van der Waals surface area (Å²) in [5.41, 5.74) is 1.40. The highest BCUT2D eigenvalue weighted by molar-refractivity contribution is 9.10. The van der Waals surface area contributed by atoms with E-state index in [1.807, 2.05) is 0 Å². The molecule has 0 radical (unpaired) electrons. The molecule has 0 N–H and O–H groups in total. The molecule has 0 saturated carbocycles. The summed E-state index contributed by atoms with van der Waals surface area (Å²) < 4.78 is -0.244. The topological polar surface area (TPSA) is 17.1 Å². The molecular formula is C8H11BrO. The Morgan fingerprint density at radius 1 is 1.80 bits per heavy atom. The SMILES string of the molecule is CC1=CC[C@](Br)(C=O)CC1. The maximum absolute atomic E-state index is 10.5. The number of carbonyl (C=O) groups excluding carboxylic acids is 1. The number of hydrogen-bond donors (Lipinski definition) is 0. The third kappa shape index (κ3) is 1.69. The van der Waals surface area contributed by atoms with Crippen molar-refractivity contribution in [2.24, 2.45) is 0 Å². The molecule has 0 amide bonds. The van der Waals surface area contributed by atoms with E-state index in [1.54, 1.807) is 0 Å². The zero-order valence-corrected chi connectivity index (χ0v) is 7.65.